The van der Waals surface area contributed by atoms with Crippen LogP contribution in [0.2, 0.25) is 0 Å². The maximum Gasteiger partial charge on any atom is 0.295 e. The fraction of sp³-hybridized carbons (Fsp3) is 0.200. The van der Waals surface area contributed by atoms with Crippen molar-refractivity contribution >= 4 is 23.1 Å². The molecule has 2 atom stereocenters. The van der Waals surface area contributed by atoms with Gasteiger partial charge in [-0.2, -0.15) is 0 Å². The number of likely N-dealkylation sites (tertiary alicyclic amines) is 1. The number of hydrogen-bond donors (Lipinski definition) is 2. The second kappa shape index (κ2) is 7.61. The molecule has 8 nitrogen and oxygen atoms in total. The Morgan fingerprint density at radius 1 is 1.18 bits per heavy atom. The molecule has 0 saturated carbocycles. The number of carbonyl (C=O) groups is 2. The smallest absolute Gasteiger partial charge is 0.295 e. The predicted octanol–water partition coefficient (Wildman–Crippen LogP) is 2.36. The topological polar surface area (TPSA) is 127 Å². The number of benzene rings is 2. The summed E-state index contributed by atoms with van der Waals surface area (Å²) in [4.78, 5) is 37.0. The van der Waals surface area contributed by atoms with Gasteiger partial charge >= 0.3 is 0 Å². The highest BCUT2D eigenvalue weighted by Gasteiger charge is 2.46. The number of nitrogens with two attached hydrogens (primary N) is 1. The molecule has 0 aromatic heterocycles. The number of hydrogen-bond acceptors (Lipinski definition) is 6. The Hall–Kier alpha value is -3.52. The highest BCUT2D eigenvalue weighted by atomic mass is 16.6. The number of ketones is 1. The number of rotatable bonds is 5. The molecule has 1 amide bonds. The van der Waals surface area contributed by atoms with Gasteiger partial charge in [-0.1, -0.05) is 30.3 Å². The molecule has 2 aromatic rings. The van der Waals surface area contributed by atoms with Gasteiger partial charge in [0.2, 0.25) is 0 Å². The normalized spacial score (nSPS) is 19.6. The molecule has 0 bridgehead atoms. The monoisotopic (exact) mass is 381 g/mol. The van der Waals surface area contributed by atoms with Crippen molar-refractivity contribution < 1.29 is 19.6 Å². The minimum Gasteiger partial charge on any atom is -0.507 e. The standard InChI is InChI=1S/C20H19N3O5/c1-12(21)11-22-17(13-7-9-15(10-8-13)23(27)28)16(19(25)20(22)26)18(24)14-5-3-2-4-6-14/h2-10,12,17,24H,11,21H2,1H3/b18-16-. The number of aliphatic hydroxyl groups is 1. The average molecular weight is 381 g/mol. The van der Waals surface area contributed by atoms with Gasteiger partial charge in [0.25, 0.3) is 17.4 Å². The Kier molecular flexibility index (Phi) is 5.23. The number of nitro benzene ring substituents is 1. The van der Waals surface area contributed by atoms with Crippen molar-refractivity contribution in [1.29, 1.82) is 0 Å². The first-order chi connectivity index (χ1) is 13.3. The van der Waals surface area contributed by atoms with Crippen molar-refractivity contribution in [3.8, 4) is 0 Å². The van der Waals surface area contributed by atoms with E-state index in [1.54, 1.807) is 37.3 Å². The SMILES string of the molecule is CC(N)CN1C(=O)C(=O)/C(=C(\O)c2ccccc2)C1c1ccc([N+](=O)[O-])cc1. The molecule has 2 aromatic carbocycles. The summed E-state index contributed by atoms with van der Waals surface area (Å²) in [5.74, 6) is -1.88. The molecule has 8 heteroatoms. The molecule has 3 rings (SSSR count). The molecular weight excluding hydrogens is 362 g/mol. The van der Waals surface area contributed by atoms with Crippen LogP contribution in [-0.2, 0) is 9.59 Å². The molecule has 0 aliphatic carbocycles. The first kappa shape index (κ1) is 19.2. The maximum absolute atomic E-state index is 12.7. The molecule has 0 radical (unpaired) electrons. The molecule has 2 unspecified atom stereocenters. The summed E-state index contributed by atoms with van der Waals surface area (Å²) >= 11 is 0. The molecule has 1 aliphatic rings. The Morgan fingerprint density at radius 3 is 2.32 bits per heavy atom. The van der Waals surface area contributed by atoms with Crippen LogP contribution in [0.25, 0.3) is 5.76 Å². The van der Waals surface area contributed by atoms with Gasteiger partial charge < -0.3 is 15.7 Å². The van der Waals surface area contributed by atoms with Gasteiger partial charge in [-0.15, -0.1) is 0 Å². The van der Waals surface area contributed by atoms with Crippen molar-refractivity contribution in [1.82, 2.24) is 4.90 Å². The number of aliphatic hydroxyl groups excluding tert-OH is 1. The average Bonchev–Trinajstić information content (AvgIpc) is 2.92. The number of nitrogens with zero attached hydrogens (tertiary/aromatic N) is 2. The van der Waals surface area contributed by atoms with Crippen LogP contribution in [0.15, 0.2) is 60.2 Å². The molecule has 0 spiro atoms. The summed E-state index contributed by atoms with van der Waals surface area (Å²) in [6.45, 7) is 1.79. The molecule has 28 heavy (non-hydrogen) atoms. The zero-order chi connectivity index (χ0) is 20.4. The Labute approximate surface area is 161 Å². The van der Waals surface area contributed by atoms with Crippen molar-refractivity contribution in [2.24, 2.45) is 5.73 Å². The Balaban J connectivity index is 2.16. The van der Waals surface area contributed by atoms with E-state index in [9.17, 15) is 24.8 Å². The van der Waals surface area contributed by atoms with Crippen LogP contribution in [0.1, 0.15) is 24.1 Å². The summed E-state index contributed by atoms with van der Waals surface area (Å²) in [6.07, 6.45) is 0. The molecule has 1 fully saturated rings. The summed E-state index contributed by atoms with van der Waals surface area (Å²) in [5.41, 5.74) is 6.54. The van der Waals surface area contributed by atoms with Crippen LogP contribution in [0.3, 0.4) is 0 Å². The third-order valence-electron chi connectivity index (χ3n) is 4.49. The van der Waals surface area contributed by atoms with E-state index in [4.69, 9.17) is 5.73 Å². The number of amides is 1. The van der Waals surface area contributed by atoms with Crippen molar-refractivity contribution in [3.05, 3.63) is 81.4 Å². The third-order valence-corrected chi connectivity index (χ3v) is 4.49. The van der Waals surface area contributed by atoms with Gasteiger partial charge in [-0.3, -0.25) is 19.7 Å². The first-order valence-corrected chi connectivity index (χ1v) is 8.65. The summed E-state index contributed by atoms with van der Waals surface area (Å²) in [6, 6.07) is 12.7. The van der Waals surface area contributed by atoms with Gasteiger partial charge in [-0.25, -0.2) is 0 Å². The molecule has 1 heterocycles. The summed E-state index contributed by atoms with van der Waals surface area (Å²) in [7, 11) is 0. The van der Waals surface area contributed by atoms with E-state index in [2.05, 4.69) is 0 Å². The van der Waals surface area contributed by atoms with Crippen molar-refractivity contribution in [3.63, 3.8) is 0 Å². The number of non-ortho nitro benzene ring substituents is 1. The lowest BCUT2D eigenvalue weighted by Crippen LogP contribution is -2.38. The summed E-state index contributed by atoms with van der Waals surface area (Å²) in [5, 5.41) is 21.7. The van der Waals surface area contributed by atoms with Crippen LogP contribution in [0, 0.1) is 10.1 Å². The van der Waals surface area contributed by atoms with E-state index >= 15 is 0 Å². The molecule has 1 aliphatic heterocycles. The minimum absolute atomic E-state index is 0.0642. The maximum atomic E-state index is 12.7. The van der Waals surface area contributed by atoms with Gasteiger partial charge in [0.05, 0.1) is 16.5 Å². The zero-order valence-corrected chi connectivity index (χ0v) is 15.1. The van der Waals surface area contributed by atoms with E-state index in [-0.39, 0.29) is 23.6 Å². The lowest BCUT2D eigenvalue weighted by molar-refractivity contribution is -0.384. The van der Waals surface area contributed by atoms with Crippen LogP contribution in [0.4, 0.5) is 5.69 Å². The van der Waals surface area contributed by atoms with Crippen LogP contribution in [-0.4, -0.2) is 39.2 Å². The van der Waals surface area contributed by atoms with Gasteiger partial charge in [0.1, 0.15) is 5.76 Å². The van der Waals surface area contributed by atoms with Gasteiger partial charge in [0.15, 0.2) is 0 Å². The molecule has 3 N–H and O–H groups in total. The van der Waals surface area contributed by atoms with E-state index in [0.29, 0.717) is 11.1 Å². The van der Waals surface area contributed by atoms with Crippen LogP contribution in [0.5, 0.6) is 0 Å². The van der Waals surface area contributed by atoms with Gasteiger partial charge in [0, 0.05) is 30.3 Å². The first-order valence-electron chi connectivity index (χ1n) is 8.65. The second-order valence-electron chi connectivity index (χ2n) is 6.64. The molecule has 144 valence electrons. The lowest BCUT2D eigenvalue weighted by atomic mass is 9.95. The zero-order valence-electron chi connectivity index (χ0n) is 15.1. The van der Waals surface area contributed by atoms with E-state index in [1.807, 2.05) is 0 Å². The highest BCUT2D eigenvalue weighted by molar-refractivity contribution is 6.46. The fourth-order valence-electron chi connectivity index (χ4n) is 3.25. The largest absolute Gasteiger partial charge is 0.507 e. The summed E-state index contributed by atoms with van der Waals surface area (Å²) < 4.78 is 0. The molecule has 1 saturated heterocycles. The number of carbonyl (C=O) groups excluding carboxylic acids is 2. The van der Waals surface area contributed by atoms with Crippen LogP contribution < -0.4 is 5.73 Å². The fourth-order valence-corrected chi connectivity index (χ4v) is 3.25. The number of Topliss-reactive ketones (excluding diaryl/α,β-unsaturated/α-hetero) is 1. The Bertz CT molecular complexity index is 952. The van der Waals surface area contributed by atoms with Crippen molar-refractivity contribution in [2.75, 3.05) is 6.54 Å². The Morgan fingerprint density at radius 2 is 1.79 bits per heavy atom. The minimum atomic E-state index is -0.882. The molecular formula is C20H19N3O5. The third kappa shape index (κ3) is 3.49. The van der Waals surface area contributed by atoms with Gasteiger partial charge in [-0.05, 0) is 24.6 Å². The number of nitro groups is 1. The second-order valence-corrected chi connectivity index (χ2v) is 6.64. The van der Waals surface area contributed by atoms with E-state index in [1.165, 1.54) is 29.2 Å². The van der Waals surface area contributed by atoms with E-state index < -0.39 is 28.7 Å². The van der Waals surface area contributed by atoms with E-state index in [0.717, 1.165) is 0 Å². The van der Waals surface area contributed by atoms with Crippen molar-refractivity contribution in [2.45, 2.75) is 19.0 Å². The quantitative estimate of drug-likeness (QED) is 0.269. The predicted molar refractivity (Wildman–Crippen MR) is 102 cm³/mol. The lowest BCUT2D eigenvalue weighted by Gasteiger charge is -2.26. The highest BCUT2D eigenvalue weighted by Crippen LogP contribution is 2.39. The van der Waals surface area contributed by atoms with Crippen LogP contribution >= 0.6 is 0 Å².